The highest BCUT2D eigenvalue weighted by Crippen LogP contribution is 2.22. The van der Waals surface area contributed by atoms with E-state index in [1.54, 1.807) is 0 Å². The maximum atomic E-state index is 12.4. The molecule has 0 radical (unpaired) electrons. The number of hydrogen-bond acceptors (Lipinski definition) is 3. The normalized spacial score (nSPS) is 18.6. The first-order valence-electron chi connectivity index (χ1n) is 7.72. The topological polar surface area (TPSA) is 49.8 Å². The zero-order chi connectivity index (χ0) is 15.2. The van der Waals surface area contributed by atoms with Crippen LogP contribution in [0.25, 0.3) is 0 Å². The molecule has 1 atom stereocenters. The summed E-state index contributed by atoms with van der Waals surface area (Å²) >= 11 is 0. The van der Waals surface area contributed by atoms with Gasteiger partial charge in [0.15, 0.2) is 6.61 Å². The lowest BCUT2D eigenvalue weighted by molar-refractivity contribution is -0.137. The molecule has 1 aliphatic rings. The fourth-order valence-corrected chi connectivity index (χ4v) is 2.86. The third kappa shape index (κ3) is 4.21. The molecule has 0 saturated carbocycles. The van der Waals surface area contributed by atoms with Crippen molar-refractivity contribution in [2.75, 3.05) is 19.8 Å². The second-order valence-corrected chi connectivity index (χ2v) is 5.81. The van der Waals surface area contributed by atoms with E-state index in [1.165, 1.54) is 0 Å². The standard InChI is InChI=1S/C17H25NO3/c1-13-6-7-14(2)16(11-13)21-12-17(20)18-9-4-3-5-15(18)8-10-19/h6-7,11,15,19H,3-5,8-10,12H2,1-2H3/t15-/m1/s1. The SMILES string of the molecule is Cc1ccc(C)c(OCC(=O)N2CCCC[C@@H]2CCO)c1. The summed E-state index contributed by atoms with van der Waals surface area (Å²) in [7, 11) is 0. The summed E-state index contributed by atoms with van der Waals surface area (Å²) in [5.74, 6) is 0.799. The summed E-state index contributed by atoms with van der Waals surface area (Å²) in [6.07, 6.45) is 3.81. The lowest BCUT2D eigenvalue weighted by Crippen LogP contribution is -2.46. The van der Waals surface area contributed by atoms with E-state index in [2.05, 4.69) is 0 Å². The fourth-order valence-electron chi connectivity index (χ4n) is 2.86. The quantitative estimate of drug-likeness (QED) is 0.906. The highest BCUT2D eigenvalue weighted by atomic mass is 16.5. The number of aryl methyl sites for hydroxylation is 2. The molecule has 0 spiro atoms. The van der Waals surface area contributed by atoms with Crippen LogP contribution in [-0.2, 0) is 4.79 Å². The Labute approximate surface area is 126 Å². The molecular weight excluding hydrogens is 266 g/mol. The Balaban J connectivity index is 1.95. The lowest BCUT2D eigenvalue weighted by Gasteiger charge is -2.35. The van der Waals surface area contributed by atoms with Crippen LogP contribution in [0.2, 0.25) is 0 Å². The summed E-state index contributed by atoms with van der Waals surface area (Å²) in [6.45, 7) is 4.98. The first-order valence-corrected chi connectivity index (χ1v) is 7.72. The van der Waals surface area contributed by atoms with Crippen LogP contribution in [0.5, 0.6) is 5.75 Å². The molecule has 1 aliphatic heterocycles. The van der Waals surface area contributed by atoms with Crippen LogP contribution >= 0.6 is 0 Å². The zero-order valence-electron chi connectivity index (χ0n) is 13.0. The smallest absolute Gasteiger partial charge is 0.260 e. The Bertz CT molecular complexity index is 485. The summed E-state index contributed by atoms with van der Waals surface area (Å²) in [5.41, 5.74) is 2.16. The first kappa shape index (κ1) is 15.8. The van der Waals surface area contributed by atoms with Crippen LogP contribution in [0.1, 0.15) is 36.8 Å². The van der Waals surface area contributed by atoms with Crippen molar-refractivity contribution >= 4 is 5.91 Å². The number of aliphatic hydroxyl groups excluding tert-OH is 1. The molecule has 0 aliphatic carbocycles. The Morgan fingerprint density at radius 1 is 1.38 bits per heavy atom. The van der Waals surface area contributed by atoms with E-state index in [0.717, 1.165) is 42.7 Å². The number of rotatable bonds is 5. The number of hydrogen-bond donors (Lipinski definition) is 1. The third-order valence-corrected chi connectivity index (χ3v) is 4.10. The highest BCUT2D eigenvalue weighted by Gasteiger charge is 2.26. The Morgan fingerprint density at radius 3 is 2.95 bits per heavy atom. The van der Waals surface area contributed by atoms with Gasteiger partial charge >= 0.3 is 0 Å². The number of aliphatic hydroxyl groups is 1. The van der Waals surface area contributed by atoms with Crippen molar-refractivity contribution in [3.05, 3.63) is 29.3 Å². The molecular formula is C17H25NO3. The van der Waals surface area contributed by atoms with E-state index in [0.29, 0.717) is 6.42 Å². The van der Waals surface area contributed by atoms with Crippen LogP contribution in [-0.4, -0.2) is 41.7 Å². The maximum absolute atomic E-state index is 12.4. The van der Waals surface area contributed by atoms with Crippen molar-refractivity contribution in [2.45, 2.75) is 45.6 Å². The van der Waals surface area contributed by atoms with E-state index in [-0.39, 0.29) is 25.2 Å². The first-order chi connectivity index (χ1) is 10.1. The predicted molar refractivity (Wildman–Crippen MR) is 82.5 cm³/mol. The number of carbonyl (C=O) groups excluding carboxylic acids is 1. The number of nitrogens with zero attached hydrogens (tertiary/aromatic N) is 1. The molecule has 1 aromatic rings. The Hall–Kier alpha value is -1.55. The molecule has 1 N–H and O–H groups in total. The minimum atomic E-state index is 0.0223. The minimum absolute atomic E-state index is 0.0223. The van der Waals surface area contributed by atoms with Crippen LogP contribution in [0.15, 0.2) is 18.2 Å². The van der Waals surface area contributed by atoms with Crippen molar-refractivity contribution < 1.29 is 14.6 Å². The second-order valence-electron chi connectivity index (χ2n) is 5.81. The van der Waals surface area contributed by atoms with Gasteiger partial charge in [-0.15, -0.1) is 0 Å². The number of amides is 1. The van der Waals surface area contributed by atoms with Gasteiger partial charge in [0, 0.05) is 19.2 Å². The molecule has 1 aromatic carbocycles. The summed E-state index contributed by atoms with van der Waals surface area (Å²) in [6, 6.07) is 6.17. The van der Waals surface area contributed by atoms with E-state index in [1.807, 2.05) is 36.9 Å². The molecule has 4 heteroatoms. The van der Waals surface area contributed by atoms with Gasteiger partial charge in [-0.1, -0.05) is 12.1 Å². The largest absolute Gasteiger partial charge is 0.483 e. The summed E-state index contributed by atoms with van der Waals surface area (Å²) in [4.78, 5) is 14.3. The number of likely N-dealkylation sites (tertiary alicyclic amines) is 1. The summed E-state index contributed by atoms with van der Waals surface area (Å²) < 4.78 is 5.71. The molecule has 1 saturated heterocycles. The van der Waals surface area contributed by atoms with Gasteiger partial charge in [0.25, 0.3) is 5.91 Å². The van der Waals surface area contributed by atoms with Gasteiger partial charge in [-0.25, -0.2) is 0 Å². The molecule has 0 bridgehead atoms. The van der Waals surface area contributed by atoms with Crippen molar-refractivity contribution in [2.24, 2.45) is 0 Å². The third-order valence-electron chi connectivity index (χ3n) is 4.10. The number of benzene rings is 1. The van der Waals surface area contributed by atoms with Crippen molar-refractivity contribution in [1.82, 2.24) is 4.90 Å². The van der Waals surface area contributed by atoms with Crippen molar-refractivity contribution in [3.8, 4) is 5.75 Å². The van der Waals surface area contributed by atoms with Gasteiger partial charge in [-0.3, -0.25) is 4.79 Å². The molecule has 0 aromatic heterocycles. The lowest BCUT2D eigenvalue weighted by atomic mass is 9.99. The highest BCUT2D eigenvalue weighted by molar-refractivity contribution is 5.78. The van der Waals surface area contributed by atoms with Crippen LogP contribution in [0.4, 0.5) is 0 Å². The fraction of sp³-hybridized carbons (Fsp3) is 0.588. The van der Waals surface area contributed by atoms with Gasteiger partial charge in [0.2, 0.25) is 0 Å². The molecule has 4 nitrogen and oxygen atoms in total. The molecule has 1 heterocycles. The second kappa shape index (κ2) is 7.46. The molecule has 21 heavy (non-hydrogen) atoms. The van der Waals surface area contributed by atoms with Crippen LogP contribution < -0.4 is 4.74 Å². The number of piperidine rings is 1. The van der Waals surface area contributed by atoms with Gasteiger partial charge in [-0.2, -0.15) is 0 Å². The van der Waals surface area contributed by atoms with E-state index in [4.69, 9.17) is 9.84 Å². The molecule has 1 amide bonds. The Morgan fingerprint density at radius 2 is 2.19 bits per heavy atom. The molecule has 0 unspecified atom stereocenters. The summed E-state index contributed by atoms with van der Waals surface area (Å²) in [5, 5.41) is 9.12. The van der Waals surface area contributed by atoms with Crippen molar-refractivity contribution in [3.63, 3.8) is 0 Å². The average Bonchev–Trinajstić information content (AvgIpc) is 2.49. The van der Waals surface area contributed by atoms with Gasteiger partial charge in [0.1, 0.15) is 5.75 Å². The van der Waals surface area contributed by atoms with Gasteiger partial charge in [-0.05, 0) is 56.7 Å². The van der Waals surface area contributed by atoms with Crippen LogP contribution in [0.3, 0.4) is 0 Å². The zero-order valence-corrected chi connectivity index (χ0v) is 13.0. The van der Waals surface area contributed by atoms with E-state index < -0.39 is 0 Å². The molecule has 2 rings (SSSR count). The van der Waals surface area contributed by atoms with Crippen LogP contribution in [0, 0.1) is 13.8 Å². The monoisotopic (exact) mass is 291 g/mol. The predicted octanol–water partition coefficient (Wildman–Crippen LogP) is 2.45. The Kier molecular flexibility index (Phi) is 5.62. The minimum Gasteiger partial charge on any atom is -0.483 e. The molecule has 1 fully saturated rings. The molecule has 116 valence electrons. The van der Waals surface area contributed by atoms with Gasteiger partial charge in [0.05, 0.1) is 0 Å². The maximum Gasteiger partial charge on any atom is 0.260 e. The van der Waals surface area contributed by atoms with Gasteiger partial charge < -0.3 is 14.7 Å². The van der Waals surface area contributed by atoms with Crippen molar-refractivity contribution in [1.29, 1.82) is 0 Å². The van der Waals surface area contributed by atoms with E-state index >= 15 is 0 Å². The number of ether oxygens (including phenoxy) is 1. The number of carbonyl (C=O) groups is 1. The average molecular weight is 291 g/mol. The van der Waals surface area contributed by atoms with E-state index in [9.17, 15) is 4.79 Å².